The standard InChI is InChI=1S/C20H14F3NO3S/c21-20(22,23)13-5-7-17-15(9-13)24(10-12-3-1-2-4-16(12)27-17)11-14-6-8-18(28-14)19(25)26/h1-9H,10-11H2,(H,25,26). The first kappa shape index (κ1) is 18.4. The van der Waals surface area contributed by atoms with Gasteiger partial charge in [0, 0.05) is 17.0 Å². The van der Waals surface area contributed by atoms with Gasteiger partial charge in [0.25, 0.3) is 0 Å². The Labute approximate surface area is 162 Å². The van der Waals surface area contributed by atoms with Crippen molar-refractivity contribution < 1.29 is 27.8 Å². The van der Waals surface area contributed by atoms with Crippen molar-refractivity contribution in [3.05, 3.63) is 75.5 Å². The number of alkyl halides is 3. The lowest BCUT2D eigenvalue weighted by molar-refractivity contribution is -0.137. The van der Waals surface area contributed by atoms with Crippen LogP contribution >= 0.6 is 11.3 Å². The predicted molar refractivity (Wildman–Crippen MR) is 99.1 cm³/mol. The van der Waals surface area contributed by atoms with Gasteiger partial charge in [-0.1, -0.05) is 18.2 Å². The highest BCUT2D eigenvalue weighted by atomic mass is 32.1. The number of benzene rings is 2. The number of thiophene rings is 1. The van der Waals surface area contributed by atoms with Crippen molar-refractivity contribution in [2.24, 2.45) is 0 Å². The van der Waals surface area contributed by atoms with Crippen molar-refractivity contribution >= 4 is 23.0 Å². The molecular weight excluding hydrogens is 391 g/mol. The second kappa shape index (κ2) is 6.87. The molecule has 4 rings (SSSR count). The average Bonchev–Trinajstić information content (AvgIpc) is 3.04. The van der Waals surface area contributed by atoms with Gasteiger partial charge in [-0.05, 0) is 36.4 Å². The number of halogens is 3. The van der Waals surface area contributed by atoms with E-state index in [0.717, 1.165) is 33.9 Å². The predicted octanol–water partition coefficient (Wildman–Crippen LogP) is 5.78. The van der Waals surface area contributed by atoms with Gasteiger partial charge in [0.1, 0.15) is 10.6 Å². The topological polar surface area (TPSA) is 49.8 Å². The molecule has 144 valence electrons. The Morgan fingerprint density at radius 2 is 1.89 bits per heavy atom. The van der Waals surface area contributed by atoms with E-state index in [2.05, 4.69) is 0 Å². The van der Waals surface area contributed by atoms with Crippen LogP contribution in [0.25, 0.3) is 0 Å². The molecule has 1 aliphatic heterocycles. The summed E-state index contributed by atoms with van der Waals surface area (Å²) in [4.78, 5) is 13.8. The molecule has 0 bridgehead atoms. The van der Waals surface area contributed by atoms with Crippen molar-refractivity contribution in [3.8, 4) is 11.5 Å². The number of aromatic carboxylic acids is 1. The molecule has 0 unspecified atom stereocenters. The Kier molecular flexibility index (Phi) is 4.50. The number of carbonyl (C=O) groups is 1. The van der Waals surface area contributed by atoms with Crippen LogP contribution in [0.5, 0.6) is 11.5 Å². The van der Waals surface area contributed by atoms with E-state index in [1.165, 1.54) is 12.1 Å². The van der Waals surface area contributed by atoms with E-state index in [1.807, 2.05) is 12.1 Å². The molecule has 8 heteroatoms. The Hall–Kier alpha value is -3.00. The zero-order chi connectivity index (χ0) is 19.9. The maximum absolute atomic E-state index is 13.2. The summed E-state index contributed by atoms with van der Waals surface area (Å²) in [5.41, 5.74) is 0.391. The summed E-state index contributed by atoms with van der Waals surface area (Å²) in [7, 11) is 0. The Balaban J connectivity index is 1.77. The highest BCUT2D eigenvalue weighted by molar-refractivity contribution is 7.13. The smallest absolute Gasteiger partial charge is 0.416 e. The Bertz CT molecular complexity index is 1050. The highest BCUT2D eigenvalue weighted by Crippen LogP contribution is 2.43. The SMILES string of the molecule is O=C(O)c1ccc(CN2Cc3ccccc3Oc3ccc(C(F)(F)F)cc32)s1. The fourth-order valence-corrected chi connectivity index (χ4v) is 3.94. The zero-order valence-corrected chi connectivity index (χ0v) is 15.2. The molecular formula is C20H14F3NO3S. The number of nitrogens with zero attached hydrogens (tertiary/aromatic N) is 1. The second-order valence-electron chi connectivity index (χ2n) is 6.32. The monoisotopic (exact) mass is 405 g/mol. The summed E-state index contributed by atoms with van der Waals surface area (Å²) in [6.45, 7) is 0.606. The first-order valence-electron chi connectivity index (χ1n) is 8.35. The van der Waals surface area contributed by atoms with Gasteiger partial charge in [-0.15, -0.1) is 11.3 Å². The number of hydrogen-bond acceptors (Lipinski definition) is 4. The van der Waals surface area contributed by atoms with Gasteiger partial charge in [0.05, 0.1) is 17.8 Å². The second-order valence-corrected chi connectivity index (χ2v) is 7.49. The van der Waals surface area contributed by atoms with Crippen molar-refractivity contribution in [1.82, 2.24) is 0 Å². The Morgan fingerprint density at radius 1 is 1.11 bits per heavy atom. The molecule has 0 fully saturated rings. The van der Waals surface area contributed by atoms with Crippen molar-refractivity contribution in [1.29, 1.82) is 0 Å². The molecule has 3 aromatic rings. The van der Waals surface area contributed by atoms with E-state index >= 15 is 0 Å². The van der Waals surface area contributed by atoms with Crippen molar-refractivity contribution in [2.45, 2.75) is 19.3 Å². The van der Waals surface area contributed by atoms with Crippen LogP contribution in [0.1, 0.15) is 25.7 Å². The average molecular weight is 405 g/mol. The molecule has 0 saturated heterocycles. The number of hydrogen-bond donors (Lipinski definition) is 1. The molecule has 0 amide bonds. The van der Waals surface area contributed by atoms with E-state index < -0.39 is 17.7 Å². The minimum absolute atomic E-state index is 0.186. The molecule has 2 aromatic carbocycles. The van der Waals surface area contributed by atoms with E-state index in [4.69, 9.17) is 9.84 Å². The van der Waals surface area contributed by atoms with Crippen molar-refractivity contribution in [3.63, 3.8) is 0 Å². The van der Waals surface area contributed by atoms with Crippen LogP contribution in [0.2, 0.25) is 0 Å². The van der Waals surface area contributed by atoms with Crippen LogP contribution in [0.4, 0.5) is 18.9 Å². The number of fused-ring (bicyclic) bond motifs is 2. The van der Waals surface area contributed by atoms with Crippen LogP contribution in [0, 0.1) is 0 Å². The summed E-state index contributed by atoms with van der Waals surface area (Å²) in [5.74, 6) is -0.114. The summed E-state index contributed by atoms with van der Waals surface area (Å²) in [5, 5.41) is 9.11. The maximum atomic E-state index is 13.2. The summed E-state index contributed by atoms with van der Waals surface area (Å²) < 4.78 is 45.6. The van der Waals surface area contributed by atoms with E-state index in [1.54, 1.807) is 23.1 Å². The summed E-state index contributed by atoms with van der Waals surface area (Å²) in [6.07, 6.45) is -4.47. The first-order chi connectivity index (χ1) is 13.3. The molecule has 1 N–H and O–H groups in total. The fraction of sp³-hybridized carbons (Fsp3) is 0.150. The van der Waals surface area contributed by atoms with Crippen LogP contribution in [0.15, 0.2) is 54.6 Å². The third-order valence-electron chi connectivity index (χ3n) is 4.40. The molecule has 1 aromatic heterocycles. The molecule has 0 spiro atoms. The molecule has 0 radical (unpaired) electrons. The van der Waals surface area contributed by atoms with Crippen LogP contribution < -0.4 is 9.64 Å². The van der Waals surface area contributed by atoms with Gasteiger partial charge >= 0.3 is 12.1 Å². The quantitative estimate of drug-likeness (QED) is 0.600. The number of carboxylic acid groups (broad SMARTS) is 1. The third-order valence-corrected chi connectivity index (χ3v) is 5.46. The summed E-state index contributed by atoms with van der Waals surface area (Å²) >= 11 is 1.10. The largest absolute Gasteiger partial charge is 0.477 e. The molecule has 0 atom stereocenters. The normalized spacial score (nSPS) is 13.3. The lowest BCUT2D eigenvalue weighted by Gasteiger charge is -2.24. The van der Waals surface area contributed by atoms with Gasteiger partial charge in [0.2, 0.25) is 0 Å². The minimum atomic E-state index is -4.47. The lowest BCUT2D eigenvalue weighted by atomic mass is 10.1. The van der Waals surface area contributed by atoms with E-state index in [0.29, 0.717) is 23.7 Å². The van der Waals surface area contributed by atoms with Gasteiger partial charge in [0.15, 0.2) is 5.75 Å². The van der Waals surface area contributed by atoms with Crippen LogP contribution in [-0.4, -0.2) is 11.1 Å². The first-order valence-corrected chi connectivity index (χ1v) is 9.17. The zero-order valence-electron chi connectivity index (χ0n) is 14.4. The number of para-hydroxylation sites is 1. The Morgan fingerprint density at radius 3 is 2.61 bits per heavy atom. The molecule has 2 heterocycles. The van der Waals surface area contributed by atoms with Gasteiger partial charge < -0.3 is 14.7 Å². The number of rotatable bonds is 3. The van der Waals surface area contributed by atoms with Gasteiger partial charge in [-0.2, -0.15) is 13.2 Å². The molecule has 0 saturated carbocycles. The number of anilines is 1. The summed E-state index contributed by atoms with van der Waals surface area (Å²) in [6, 6.07) is 13.8. The number of carboxylic acids is 1. The minimum Gasteiger partial charge on any atom is -0.477 e. The molecule has 4 nitrogen and oxygen atoms in total. The fourth-order valence-electron chi connectivity index (χ4n) is 3.08. The highest BCUT2D eigenvalue weighted by Gasteiger charge is 2.33. The lowest BCUT2D eigenvalue weighted by Crippen LogP contribution is -2.21. The number of ether oxygens (including phenoxy) is 1. The molecule has 0 aliphatic carbocycles. The van der Waals surface area contributed by atoms with Gasteiger partial charge in [-0.3, -0.25) is 0 Å². The van der Waals surface area contributed by atoms with Crippen LogP contribution in [0.3, 0.4) is 0 Å². The van der Waals surface area contributed by atoms with E-state index in [-0.39, 0.29) is 11.4 Å². The van der Waals surface area contributed by atoms with Crippen molar-refractivity contribution in [2.75, 3.05) is 4.90 Å². The molecule has 1 aliphatic rings. The third kappa shape index (κ3) is 3.55. The van der Waals surface area contributed by atoms with E-state index in [9.17, 15) is 18.0 Å². The molecule has 28 heavy (non-hydrogen) atoms. The van der Waals surface area contributed by atoms with Crippen LogP contribution in [-0.2, 0) is 19.3 Å². The maximum Gasteiger partial charge on any atom is 0.416 e. The van der Waals surface area contributed by atoms with Gasteiger partial charge in [-0.25, -0.2) is 4.79 Å².